The summed E-state index contributed by atoms with van der Waals surface area (Å²) in [5.41, 5.74) is -1.41. The lowest BCUT2D eigenvalue weighted by molar-refractivity contribution is -0.274. The van der Waals surface area contributed by atoms with E-state index in [2.05, 4.69) is 16.4 Å². The number of alkyl halides is 5. The monoisotopic (exact) mass is 516 g/mol. The zero-order chi connectivity index (χ0) is 26.5. The number of unbranched alkanes of at least 4 members (excludes halogenated alkanes) is 3. The molecular weight excluding hydrogens is 493 g/mol. The smallest absolute Gasteiger partial charge is 0.507 e. The highest BCUT2D eigenvalue weighted by atomic mass is 19.4. The summed E-state index contributed by atoms with van der Waals surface area (Å²) < 4.78 is 104. The number of benzene rings is 3. The summed E-state index contributed by atoms with van der Waals surface area (Å²) in [5, 5.41) is 10.1. The maximum atomic E-state index is 15.2. The van der Waals surface area contributed by atoms with E-state index in [1.54, 1.807) is 12.1 Å². The summed E-state index contributed by atoms with van der Waals surface area (Å²) in [7, 11) is 0. The van der Waals surface area contributed by atoms with Gasteiger partial charge in [0, 0.05) is 6.07 Å². The molecule has 36 heavy (non-hydrogen) atoms. The van der Waals surface area contributed by atoms with Gasteiger partial charge in [0.15, 0.2) is 5.82 Å². The number of rotatable bonds is 10. The van der Waals surface area contributed by atoms with Crippen LogP contribution in [0.1, 0.15) is 43.7 Å². The second-order valence-corrected chi connectivity index (χ2v) is 8.09. The highest BCUT2D eigenvalue weighted by molar-refractivity contribution is 5.72. The Kier molecular flexibility index (Phi) is 8.37. The number of hydrogen-bond donors (Lipinski definition) is 1. The predicted octanol–water partition coefficient (Wildman–Crippen LogP) is 8.49. The molecule has 3 rings (SSSR count). The molecule has 0 heterocycles. The van der Waals surface area contributed by atoms with Crippen LogP contribution in [0.2, 0.25) is 0 Å². The SMILES string of the molecule is CCCCCCc1ccc(-c2c(O)cc(F)c(C(F)(F)Oc3ccc(OC(F)(F)F)cc3)c2F)cc1. The minimum absolute atomic E-state index is 0.0491. The van der Waals surface area contributed by atoms with E-state index >= 15 is 4.39 Å². The van der Waals surface area contributed by atoms with Crippen LogP contribution in [-0.2, 0) is 12.5 Å². The van der Waals surface area contributed by atoms with Gasteiger partial charge in [-0.05, 0) is 48.2 Å². The van der Waals surface area contributed by atoms with E-state index in [0.29, 0.717) is 18.2 Å². The van der Waals surface area contributed by atoms with Crippen molar-refractivity contribution in [3.8, 4) is 28.4 Å². The first-order valence-electron chi connectivity index (χ1n) is 11.1. The van der Waals surface area contributed by atoms with Crippen molar-refractivity contribution in [3.63, 3.8) is 0 Å². The van der Waals surface area contributed by atoms with Crippen LogP contribution in [0.3, 0.4) is 0 Å². The van der Waals surface area contributed by atoms with Crippen LogP contribution < -0.4 is 9.47 Å². The molecule has 0 bridgehead atoms. The van der Waals surface area contributed by atoms with Gasteiger partial charge in [-0.2, -0.15) is 8.78 Å². The molecule has 0 aromatic heterocycles. The first-order valence-corrected chi connectivity index (χ1v) is 11.1. The number of halogens is 7. The molecule has 3 nitrogen and oxygen atoms in total. The minimum atomic E-state index is -4.99. The topological polar surface area (TPSA) is 38.7 Å². The molecule has 0 saturated carbocycles. The van der Waals surface area contributed by atoms with Crippen molar-refractivity contribution in [2.24, 2.45) is 0 Å². The standard InChI is InChI=1S/C26H23F7O3/c1-2-3-4-5-6-16-7-9-17(10-8-16)22-21(34)15-20(27)23(24(22)28)25(29,30)35-18-11-13-19(14-12-18)36-26(31,32)33/h7-15,34H,2-6H2,1H3. The molecule has 0 spiro atoms. The normalized spacial score (nSPS) is 12.0. The van der Waals surface area contributed by atoms with Crippen LogP contribution in [0.4, 0.5) is 30.7 Å². The molecule has 3 aromatic rings. The molecule has 0 aliphatic heterocycles. The van der Waals surface area contributed by atoms with Crippen molar-refractivity contribution >= 4 is 0 Å². The summed E-state index contributed by atoms with van der Waals surface area (Å²) in [6.45, 7) is 2.09. The second kappa shape index (κ2) is 11.1. The van der Waals surface area contributed by atoms with Crippen LogP contribution in [0.15, 0.2) is 54.6 Å². The average molecular weight is 516 g/mol. The quantitative estimate of drug-likeness (QED) is 0.217. The molecule has 0 fully saturated rings. The van der Waals surface area contributed by atoms with Crippen molar-refractivity contribution in [1.29, 1.82) is 0 Å². The molecular formula is C26H23F7O3. The zero-order valence-electron chi connectivity index (χ0n) is 19.1. The maximum Gasteiger partial charge on any atom is 0.573 e. The van der Waals surface area contributed by atoms with E-state index in [1.807, 2.05) is 0 Å². The van der Waals surface area contributed by atoms with E-state index in [-0.39, 0.29) is 5.56 Å². The third-order valence-electron chi connectivity index (χ3n) is 5.35. The van der Waals surface area contributed by atoms with Gasteiger partial charge in [0.1, 0.15) is 28.6 Å². The van der Waals surface area contributed by atoms with Crippen molar-refractivity contribution < 1.29 is 45.3 Å². The molecule has 3 aromatic carbocycles. The van der Waals surface area contributed by atoms with Crippen LogP contribution in [0.25, 0.3) is 11.1 Å². The van der Waals surface area contributed by atoms with Crippen LogP contribution in [0, 0.1) is 11.6 Å². The lowest BCUT2D eigenvalue weighted by Crippen LogP contribution is -2.25. The summed E-state index contributed by atoms with van der Waals surface area (Å²) in [6, 6.07) is 9.43. The van der Waals surface area contributed by atoms with Gasteiger partial charge in [-0.15, -0.1) is 13.2 Å². The summed E-state index contributed by atoms with van der Waals surface area (Å²) >= 11 is 0. The largest absolute Gasteiger partial charge is 0.573 e. The van der Waals surface area contributed by atoms with Gasteiger partial charge in [-0.1, -0.05) is 50.5 Å². The van der Waals surface area contributed by atoms with Crippen molar-refractivity contribution in [1.82, 2.24) is 0 Å². The fraction of sp³-hybridized carbons (Fsp3) is 0.308. The zero-order valence-corrected chi connectivity index (χ0v) is 19.1. The highest BCUT2D eigenvalue weighted by Crippen LogP contribution is 2.42. The molecule has 10 heteroatoms. The van der Waals surface area contributed by atoms with Crippen molar-refractivity contribution in [2.45, 2.75) is 51.5 Å². The average Bonchev–Trinajstić information content (AvgIpc) is 2.77. The van der Waals surface area contributed by atoms with Gasteiger partial charge < -0.3 is 14.6 Å². The summed E-state index contributed by atoms with van der Waals surface area (Å²) in [5.74, 6) is -5.74. The molecule has 0 unspecified atom stereocenters. The van der Waals surface area contributed by atoms with Gasteiger partial charge in [-0.3, -0.25) is 0 Å². The van der Waals surface area contributed by atoms with Gasteiger partial charge in [0.2, 0.25) is 0 Å². The Morgan fingerprint density at radius 3 is 1.92 bits per heavy atom. The number of aromatic hydroxyl groups is 1. The molecule has 194 valence electrons. The third kappa shape index (κ3) is 6.83. The van der Waals surface area contributed by atoms with E-state index in [1.165, 1.54) is 12.1 Å². The Morgan fingerprint density at radius 2 is 1.36 bits per heavy atom. The molecule has 0 aliphatic carbocycles. The Morgan fingerprint density at radius 1 is 0.778 bits per heavy atom. The third-order valence-corrected chi connectivity index (χ3v) is 5.35. The lowest BCUT2D eigenvalue weighted by atomic mass is 9.97. The first kappa shape index (κ1) is 27.2. The van der Waals surface area contributed by atoms with Gasteiger partial charge in [0.25, 0.3) is 0 Å². The molecule has 0 aliphatic rings. The maximum absolute atomic E-state index is 15.2. The van der Waals surface area contributed by atoms with Gasteiger partial charge in [0.05, 0.1) is 5.56 Å². The van der Waals surface area contributed by atoms with Crippen molar-refractivity contribution in [2.75, 3.05) is 0 Å². The van der Waals surface area contributed by atoms with E-state index in [0.717, 1.165) is 49.8 Å². The second-order valence-electron chi connectivity index (χ2n) is 8.09. The fourth-order valence-electron chi connectivity index (χ4n) is 3.65. The number of aryl methyl sites for hydroxylation is 1. The van der Waals surface area contributed by atoms with Gasteiger partial charge >= 0.3 is 12.5 Å². The number of hydrogen-bond acceptors (Lipinski definition) is 3. The predicted molar refractivity (Wildman–Crippen MR) is 119 cm³/mol. The molecule has 0 saturated heterocycles. The lowest BCUT2D eigenvalue weighted by Gasteiger charge is -2.21. The Hall–Kier alpha value is -3.43. The highest BCUT2D eigenvalue weighted by Gasteiger charge is 2.43. The van der Waals surface area contributed by atoms with Crippen LogP contribution >= 0.6 is 0 Å². The number of phenols is 1. The Labute approximate surface area is 203 Å². The minimum Gasteiger partial charge on any atom is -0.507 e. The van der Waals surface area contributed by atoms with E-state index in [4.69, 9.17) is 0 Å². The van der Waals surface area contributed by atoms with E-state index in [9.17, 15) is 31.4 Å². The molecule has 0 amide bonds. The molecule has 0 radical (unpaired) electrons. The molecule has 1 N–H and O–H groups in total. The first-order chi connectivity index (χ1) is 16.9. The molecule has 0 atom stereocenters. The summed E-state index contributed by atoms with van der Waals surface area (Å²) in [4.78, 5) is 0. The Balaban J connectivity index is 1.86. The van der Waals surface area contributed by atoms with Crippen LogP contribution in [0.5, 0.6) is 17.2 Å². The van der Waals surface area contributed by atoms with Crippen LogP contribution in [-0.4, -0.2) is 11.5 Å². The van der Waals surface area contributed by atoms with Gasteiger partial charge in [-0.25, -0.2) is 8.78 Å². The number of phenolic OH excluding ortho intramolecular Hbond substituents is 1. The Bertz CT molecular complexity index is 1160. The summed E-state index contributed by atoms with van der Waals surface area (Å²) in [6.07, 6.45) is -4.63. The van der Waals surface area contributed by atoms with E-state index < -0.39 is 52.5 Å². The van der Waals surface area contributed by atoms with Crippen molar-refractivity contribution in [3.05, 3.63) is 77.4 Å². The fourth-order valence-corrected chi connectivity index (χ4v) is 3.65. The number of ether oxygens (including phenoxy) is 2.